The van der Waals surface area contributed by atoms with E-state index in [0.29, 0.717) is 6.10 Å². The van der Waals surface area contributed by atoms with Crippen molar-refractivity contribution < 1.29 is 9.84 Å². The van der Waals surface area contributed by atoms with Gasteiger partial charge in [-0.15, -0.1) is 0 Å². The van der Waals surface area contributed by atoms with E-state index in [4.69, 9.17) is 4.74 Å². The van der Waals surface area contributed by atoms with Crippen LogP contribution in [0.1, 0.15) is 44.9 Å². The molecule has 0 amide bonds. The summed E-state index contributed by atoms with van der Waals surface area (Å²) in [6.07, 6.45) is 8.39. The van der Waals surface area contributed by atoms with Gasteiger partial charge in [0.25, 0.3) is 0 Å². The molecule has 1 saturated carbocycles. The molecular formula is C13H22N2O2. The number of hydrogen-bond donors (Lipinski definition) is 1. The summed E-state index contributed by atoms with van der Waals surface area (Å²) in [6, 6.07) is 0. The smallest absolute Gasteiger partial charge is 0.140 e. The number of aryl methyl sites for hydroxylation is 1. The number of methoxy groups -OCH3 is 1. The molecule has 1 fully saturated rings. The maximum atomic E-state index is 10.7. The maximum absolute atomic E-state index is 10.7. The van der Waals surface area contributed by atoms with Gasteiger partial charge >= 0.3 is 0 Å². The van der Waals surface area contributed by atoms with Gasteiger partial charge in [-0.3, -0.25) is 0 Å². The number of imidazole rings is 1. The van der Waals surface area contributed by atoms with Crippen LogP contribution in [0.25, 0.3) is 0 Å². The molecular weight excluding hydrogens is 216 g/mol. The zero-order valence-electron chi connectivity index (χ0n) is 10.7. The highest BCUT2D eigenvalue weighted by Crippen LogP contribution is 2.37. The minimum atomic E-state index is -0.756. The van der Waals surface area contributed by atoms with E-state index in [0.717, 1.165) is 44.5 Å². The van der Waals surface area contributed by atoms with Crippen LogP contribution in [0.2, 0.25) is 0 Å². The minimum Gasteiger partial charge on any atom is -0.382 e. The third-order valence-corrected chi connectivity index (χ3v) is 3.69. The predicted octanol–water partition coefficient (Wildman–Crippen LogP) is 2.07. The van der Waals surface area contributed by atoms with Crippen molar-refractivity contribution in [2.75, 3.05) is 7.11 Å². The Kier molecular flexibility index (Phi) is 3.84. The van der Waals surface area contributed by atoms with Crippen molar-refractivity contribution in [1.29, 1.82) is 0 Å². The highest BCUT2D eigenvalue weighted by atomic mass is 16.5. The van der Waals surface area contributed by atoms with E-state index in [1.165, 1.54) is 0 Å². The number of aromatic nitrogens is 2. The molecule has 0 bridgehead atoms. The zero-order valence-corrected chi connectivity index (χ0v) is 10.7. The standard InChI is InChI=1S/C13H22N2O2/c1-3-9-15-10-8-14-12(15)13(16)6-4-11(17-2)5-7-13/h8,10-11,16H,3-7,9H2,1-2H3. The van der Waals surface area contributed by atoms with Gasteiger partial charge in [0.2, 0.25) is 0 Å². The van der Waals surface area contributed by atoms with Crippen LogP contribution in [0.3, 0.4) is 0 Å². The third-order valence-electron chi connectivity index (χ3n) is 3.69. The summed E-state index contributed by atoms with van der Waals surface area (Å²) in [4.78, 5) is 4.35. The van der Waals surface area contributed by atoms with E-state index in [-0.39, 0.29) is 0 Å². The van der Waals surface area contributed by atoms with Crippen LogP contribution < -0.4 is 0 Å². The Morgan fingerprint density at radius 3 is 2.82 bits per heavy atom. The Morgan fingerprint density at radius 2 is 2.24 bits per heavy atom. The van der Waals surface area contributed by atoms with E-state index in [9.17, 15) is 5.11 Å². The Balaban J connectivity index is 2.12. The zero-order chi connectivity index (χ0) is 12.3. The van der Waals surface area contributed by atoms with E-state index >= 15 is 0 Å². The number of aliphatic hydroxyl groups is 1. The number of rotatable bonds is 4. The number of nitrogens with zero attached hydrogens (tertiary/aromatic N) is 2. The Bertz CT molecular complexity index is 354. The van der Waals surface area contributed by atoms with Gasteiger partial charge in [0.15, 0.2) is 0 Å². The summed E-state index contributed by atoms with van der Waals surface area (Å²) in [5.74, 6) is 0.828. The molecule has 1 aliphatic carbocycles. The second-order valence-electron chi connectivity index (χ2n) is 4.91. The highest BCUT2D eigenvalue weighted by Gasteiger charge is 2.38. The van der Waals surface area contributed by atoms with E-state index in [1.807, 2.05) is 6.20 Å². The predicted molar refractivity (Wildman–Crippen MR) is 65.7 cm³/mol. The normalized spacial score (nSPS) is 29.5. The fourth-order valence-electron chi connectivity index (χ4n) is 2.67. The summed E-state index contributed by atoms with van der Waals surface area (Å²) in [5.41, 5.74) is -0.756. The van der Waals surface area contributed by atoms with E-state index in [1.54, 1.807) is 13.3 Å². The lowest BCUT2D eigenvalue weighted by Gasteiger charge is -2.35. The van der Waals surface area contributed by atoms with Crippen molar-refractivity contribution in [3.05, 3.63) is 18.2 Å². The third kappa shape index (κ3) is 2.53. The van der Waals surface area contributed by atoms with Crippen molar-refractivity contribution in [2.24, 2.45) is 0 Å². The Morgan fingerprint density at radius 1 is 1.53 bits per heavy atom. The maximum Gasteiger partial charge on any atom is 0.140 e. The minimum absolute atomic E-state index is 0.296. The van der Waals surface area contributed by atoms with Gasteiger partial charge in [-0.05, 0) is 32.1 Å². The first kappa shape index (κ1) is 12.6. The number of hydrogen-bond acceptors (Lipinski definition) is 3. The first-order valence-electron chi connectivity index (χ1n) is 6.46. The monoisotopic (exact) mass is 238 g/mol. The van der Waals surface area contributed by atoms with E-state index in [2.05, 4.69) is 16.5 Å². The van der Waals surface area contributed by atoms with Crippen LogP contribution in [0, 0.1) is 0 Å². The van der Waals surface area contributed by atoms with Gasteiger partial charge in [0.05, 0.1) is 6.10 Å². The second kappa shape index (κ2) is 5.19. The molecule has 1 aromatic heterocycles. The summed E-state index contributed by atoms with van der Waals surface area (Å²) in [7, 11) is 1.74. The van der Waals surface area contributed by atoms with Crippen molar-refractivity contribution in [2.45, 2.75) is 57.3 Å². The Labute approximate surface area is 103 Å². The van der Waals surface area contributed by atoms with Crippen molar-refractivity contribution in [3.63, 3.8) is 0 Å². The molecule has 1 N–H and O–H groups in total. The van der Waals surface area contributed by atoms with Gasteiger partial charge in [-0.25, -0.2) is 4.98 Å². The Hall–Kier alpha value is -0.870. The molecule has 0 spiro atoms. The first-order valence-corrected chi connectivity index (χ1v) is 6.46. The lowest BCUT2D eigenvalue weighted by Crippen LogP contribution is -2.36. The summed E-state index contributed by atoms with van der Waals surface area (Å²) < 4.78 is 7.42. The van der Waals surface area contributed by atoms with Crippen LogP contribution in [0.4, 0.5) is 0 Å². The van der Waals surface area contributed by atoms with Crippen LogP contribution in [0.5, 0.6) is 0 Å². The SMILES string of the molecule is CCCn1ccnc1C1(O)CCC(OC)CC1. The molecule has 1 heterocycles. The molecule has 0 saturated heterocycles. The van der Waals surface area contributed by atoms with Gasteiger partial charge in [-0.2, -0.15) is 0 Å². The van der Waals surface area contributed by atoms with Crippen LogP contribution in [-0.2, 0) is 16.9 Å². The molecule has 1 aromatic rings. The molecule has 0 aliphatic heterocycles. The fraction of sp³-hybridized carbons (Fsp3) is 0.769. The molecule has 0 unspecified atom stereocenters. The topological polar surface area (TPSA) is 47.3 Å². The summed E-state index contributed by atoms with van der Waals surface area (Å²) >= 11 is 0. The molecule has 17 heavy (non-hydrogen) atoms. The average molecular weight is 238 g/mol. The molecule has 4 nitrogen and oxygen atoms in total. The largest absolute Gasteiger partial charge is 0.382 e. The lowest BCUT2D eigenvalue weighted by atomic mass is 9.82. The van der Waals surface area contributed by atoms with E-state index < -0.39 is 5.60 Å². The molecule has 0 radical (unpaired) electrons. The van der Waals surface area contributed by atoms with Gasteiger partial charge in [0.1, 0.15) is 11.4 Å². The molecule has 96 valence electrons. The van der Waals surface area contributed by atoms with Gasteiger partial charge in [-0.1, -0.05) is 6.92 Å². The van der Waals surface area contributed by atoms with Crippen molar-refractivity contribution in [1.82, 2.24) is 9.55 Å². The molecule has 4 heteroatoms. The summed E-state index contributed by atoms with van der Waals surface area (Å²) in [6.45, 7) is 3.06. The molecule has 2 rings (SSSR count). The van der Waals surface area contributed by atoms with Gasteiger partial charge in [0, 0.05) is 26.0 Å². The molecule has 1 aliphatic rings. The van der Waals surface area contributed by atoms with Crippen LogP contribution in [0.15, 0.2) is 12.4 Å². The van der Waals surface area contributed by atoms with Crippen LogP contribution >= 0.6 is 0 Å². The average Bonchev–Trinajstić information content (AvgIpc) is 2.80. The van der Waals surface area contributed by atoms with Crippen molar-refractivity contribution >= 4 is 0 Å². The van der Waals surface area contributed by atoms with Gasteiger partial charge < -0.3 is 14.4 Å². The summed E-state index contributed by atoms with van der Waals surface area (Å²) in [5, 5.41) is 10.7. The fourth-order valence-corrected chi connectivity index (χ4v) is 2.67. The molecule has 0 aromatic carbocycles. The van der Waals surface area contributed by atoms with Crippen molar-refractivity contribution in [3.8, 4) is 0 Å². The molecule has 0 atom stereocenters. The quantitative estimate of drug-likeness (QED) is 0.873. The highest BCUT2D eigenvalue weighted by molar-refractivity contribution is 5.07. The second-order valence-corrected chi connectivity index (χ2v) is 4.91. The lowest BCUT2D eigenvalue weighted by molar-refractivity contribution is -0.0549. The number of ether oxygens (including phenoxy) is 1. The first-order chi connectivity index (χ1) is 8.19. The van der Waals surface area contributed by atoms with Crippen LogP contribution in [-0.4, -0.2) is 27.9 Å².